The molecule has 1 N–H and O–H groups in total. The summed E-state index contributed by atoms with van der Waals surface area (Å²) in [5.74, 6) is -0.954. The summed E-state index contributed by atoms with van der Waals surface area (Å²) in [4.78, 5) is 26.4. The third kappa shape index (κ3) is 3.72. The van der Waals surface area contributed by atoms with Gasteiger partial charge >= 0.3 is 5.97 Å². The van der Waals surface area contributed by atoms with Crippen molar-refractivity contribution in [2.75, 3.05) is 13.1 Å². The zero-order valence-electron chi connectivity index (χ0n) is 15.8. The van der Waals surface area contributed by atoms with Crippen LogP contribution in [0.3, 0.4) is 0 Å². The molecule has 0 bridgehead atoms. The number of benzene rings is 1. The number of aliphatic carboxylic acids is 1. The molecule has 1 aromatic heterocycles. The first kappa shape index (κ1) is 19.4. The number of halogens is 1. The molecule has 1 saturated heterocycles. The van der Waals surface area contributed by atoms with Gasteiger partial charge in [0.15, 0.2) is 0 Å². The molecule has 1 aliphatic heterocycles. The lowest BCUT2D eigenvalue weighted by atomic mass is 9.82. The Morgan fingerprint density at radius 3 is 2.52 bits per heavy atom. The second-order valence-corrected chi connectivity index (χ2v) is 8.12. The van der Waals surface area contributed by atoms with Crippen LogP contribution in [0, 0.1) is 5.41 Å². The van der Waals surface area contributed by atoms with Crippen LogP contribution in [-0.2, 0) is 4.79 Å². The van der Waals surface area contributed by atoms with Crippen LogP contribution in [0.5, 0.6) is 0 Å². The Labute approximate surface area is 163 Å². The second kappa shape index (κ2) is 7.35. The van der Waals surface area contributed by atoms with Gasteiger partial charge in [-0.2, -0.15) is 5.10 Å². The van der Waals surface area contributed by atoms with Crippen LogP contribution < -0.4 is 0 Å². The van der Waals surface area contributed by atoms with Crippen LogP contribution in [0.2, 0.25) is 5.02 Å². The van der Waals surface area contributed by atoms with Crippen molar-refractivity contribution in [1.82, 2.24) is 14.7 Å². The van der Waals surface area contributed by atoms with E-state index in [0.717, 1.165) is 11.4 Å². The number of carbonyl (C=O) groups excluding carboxylic acids is 1. The van der Waals surface area contributed by atoms with Crippen molar-refractivity contribution >= 4 is 23.5 Å². The van der Waals surface area contributed by atoms with Crippen molar-refractivity contribution in [2.45, 2.75) is 39.5 Å². The predicted molar refractivity (Wildman–Crippen MR) is 104 cm³/mol. The summed E-state index contributed by atoms with van der Waals surface area (Å²) in [6.45, 7) is 6.50. The topological polar surface area (TPSA) is 75.4 Å². The molecule has 2 aromatic rings. The molecule has 1 aliphatic rings. The largest absolute Gasteiger partial charge is 0.481 e. The van der Waals surface area contributed by atoms with Crippen molar-refractivity contribution in [3.63, 3.8) is 0 Å². The van der Waals surface area contributed by atoms with Crippen molar-refractivity contribution in [3.05, 3.63) is 46.7 Å². The van der Waals surface area contributed by atoms with Crippen LogP contribution >= 0.6 is 11.6 Å². The molecule has 3 rings (SSSR count). The average Bonchev–Trinajstić information content (AvgIpc) is 3.07. The van der Waals surface area contributed by atoms with Gasteiger partial charge in [-0.25, -0.2) is 4.68 Å². The number of carbonyl (C=O) groups is 2. The molecule has 1 unspecified atom stereocenters. The quantitative estimate of drug-likeness (QED) is 0.858. The summed E-state index contributed by atoms with van der Waals surface area (Å²) in [5.41, 5.74) is 1.26. The molecule has 144 valence electrons. The highest BCUT2D eigenvalue weighted by Gasteiger charge is 2.40. The van der Waals surface area contributed by atoms with Crippen molar-refractivity contribution in [3.8, 4) is 5.69 Å². The number of hydrogen-bond acceptors (Lipinski definition) is 3. The molecule has 7 heteroatoms. The van der Waals surface area contributed by atoms with Gasteiger partial charge in [0.05, 0.1) is 28.6 Å². The van der Waals surface area contributed by atoms with Crippen LogP contribution in [0.4, 0.5) is 0 Å². The van der Waals surface area contributed by atoms with Crippen LogP contribution in [0.15, 0.2) is 30.5 Å². The molecule has 0 aliphatic carbocycles. The molecular weight excluding hydrogens is 366 g/mol. The first-order valence-electron chi connectivity index (χ1n) is 9.09. The van der Waals surface area contributed by atoms with E-state index in [4.69, 9.17) is 11.6 Å². The lowest BCUT2D eigenvalue weighted by Crippen LogP contribution is -2.48. The highest BCUT2D eigenvalue weighted by Crippen LogP contribution is 2.32. The maximum absolute atomic E-state index is 13.2. The number of hydrogen-bond donors (Lipinski definition) is 1. The van der Waals surface area contributed by atoms with Gasteiger partial charge in [0.2, 0.25) is 0 Å². The summed E-state index contributed by atoms with van der Waals surface area (Å²) in [5, 5.41) is 14.6. The number of carboxylic acids is 1. The summed E-state index contributed by atoms with van der Waals surface area (Å²) in [7, 11) is 0. The van der Waals surface area contributed by atoms with Gasteiger partial charge < -0.3 is 10.0 Å². The van der Waals surface area contributed by atoms with E-state index in [-0.39, 0.29) is 18.4 Å². The number of piperidine rings is 1. The fraction of sp³-hybridized carbons (Fsp3) is 0.450. The van der Waals surface area contributed by atoms with E-state index in [1.54, 1.807) is 34.8 Å². The van der Waals surface area contributed by atoms with Gasteiger partial charge in [-0.3, -0.25) is 9.59 Å². The first-order chi connectivity index (χ1) is 12.7. The Bertz CT molecular complexity index is 860. The Kier molecular flexibility index (Phi) is 5.29. The SMILES string of the molecule is CC(C)c1c(C(=O)N2CCCC(C)(C(=O)O)C2)cnn1-c1ccc(Cl)cc1. The molecule has 27 heavy (non-hydrogen) atoms. The first-order valence-corrected chi connectivity index (χ1v) is 9.47. The fourth-order valence-corrected chi connectivity index (χ4v) is 3.75. The third-order valence-electron chi connectivity index (χ3n) is 5.15. The molecule has 6 nitrogen and oxygen atoms in total. The lowest BCUT2D eigenvalue weighted by Gasteiger charge is -2.37. The maximum atomic E-state index is 13.2. The zero-order valence-corrected chi connectivity index (χ0v) is 16.5. The minimum absolute atomic E-state index is 0.0674. The fourth-order valence-electron chi connectivity index (χ4n) is 3.62. The Hall–Kier alpha value is -2.34. The van der Waals surface area contributed by atoms with Gasteiger partial charge in [0.25, 0.3) is 5.91 Å². The highest BCUT2D eigenvalue weighted by molar-refractivity contribution is 6.30. The molecule has 0 radical (unpaired) electrons. The molecule has 2 heterocycles. The summed E-state index contributed by atoms with van der Waals surface area (Å²) in [6.07, 6.45) is 2.84. The number of nitrogens with zero attached hydrogens (tertiary/aromatic N) is 3. The monoisotopic (exact) mass is 389 g/mol. The third-order valence-corrected chi connectivity index (χ3v) is 5.41. The number of carboxylic acid groups (broad SMARTS) is 1. The Morgan fingerprint density at radius 1 is 1.26 bits per heavy atom. The number of rotatable bonds is 4. The summed E-state index contributed by atoms with van der Waals surface area (Å²) >= 11 is 5.97. The van der Waals surface area contributed by atoms with E-state index in [1.807, 2.05) is 26.0 Å². The van der Waals surface area contributed by atoms with Crippen molar-refractivity contribution in [1.29, 1.82) is 0 Å². The van der Waals surface area contributed by atoms with Crippen LogP contribution in [0.25, 0.3) is 5.69 Å². The number of aromatic nitrogens is 2. The minimum atomic E-state index is -0.905. The Morgan fingerprint density at radius 2 is 1.93 bits per heavy atom. The predicted octanol–water partition coefficient (Wildman–Crippen LogP) is 3.98. The van der Waals surface area contributed by atoms with Gasteiger partial charge in [-0.1, -0.05) is 25.4 Å². The summed E-state index contributed by atoms with van der Waals surface area (Å²) in [6, 6.07) is 7.29. The number of amides is 1. The van der Waals surface area contributed by atoms with E-state index < -0.39 is 11.4 Å². The Balaban J connectivity index is 1.96. The second-order valence-electron chi connectivity index (χ2n) is 7.68. The van der Waals surface area contributed by atoms with Gasteiger partial charge in [0, 0.05) is 18.1 Å². The van der Waals surface area contributed by atoms with Crippen LogP contribution in [0.1, 0.15) is 55.6 Å². The minimum Gasteiger partial charge on any atom is -0.481 e. The molecule has 1 amide bonds. The van der Waals surface area contributed by atoms with Crippen molar-refractivity contribution in [2.24, 2.45) is 5.41 Å². The molecular formula is C20H24ClN3O3. The summed E-state index contributed by atoms with van der Waals surface area (Å²) < 4.78 is 1.76. The van der Waals surface area contributed by atoms with E-state index in [1.165, 1.54) is 0 Å². The molecule has 1 atom stereocenters. The standard InChI is InChI=1S/C20H24ClN3O3/c1-13(2)17-16(11-22-24(17)15-7-5-14(21)6-8-15)18(25)23-10-4-9-20(3,12-23)19(26)27/h5-8,11,13H,4,9-10,12H2,1-3H3,(H,26,27). The maximum Gasteiger partial charge on any atom is 0.311 e. The molecule has 0 spiro atoms. The van der Waals surface area contributed by atoms with E-state index in [0.29, 0.717) is 30.0 Å². The molecule has 0 saturated carbocycles. The normalized spacial score (nSPS) is 20.1. The number of likely N-dealkylation sites (tertiary alicyclic amines) is 1. The van der Waals surface area contributed by atoms with Crippen molar-refractivity contribution < 1.29 is 14.7 Å². The van der Waals surface area contributed by atoms with Crippen LogP contribution in [-0.4, -0.2) is 44.8 Å². The highest BCUT2D eigenvalue weighted by atomic mass is 35.5. The lowest BCUT2D eigenvalue weighted by molar-refractivity contribution is -0.150. The zero-order chi connectivity index (χ0) is 19.8. The smallest absolute Gasteiger partial charge is 0.311 e. The molecule has 1 aromatic carbocycles. The van der Waals surface area contributed by atoms with Gasteiger partial charge in [0.1, 0.15) is 0 Å². The molecule has 1 fully saturated rings. The average molecular weight is 390 g/mol. The van der Waals surface area contributed by atoms with E-state index >= 15 is 0 Å². The van der Waals surface area contributed by atoms with E-state index in [2.05, 4.69) is 5.10 Å². The van der Waals surface area contributed by atoms with Gasteiger partial charge in [-0.15, -0.1) is 0 Å². The van der Waals surface area contributed by atoms with Gasteiger partial charge in [-0.05, 0) is 49.9 Å². The van der Waals surface area contributed by atoms with E-state index in [9.17, 15) is 14.7 Å².